The molecule has 80 valence electrons. The Bertz CT molecular complexity index is 390. The Hall–Kier alpha value is -1.55. The SMILES string of the molecule is CCN(C)N=Nc1[nH]nc(SC)c1C#N. The Morgan fingerprint density at radius 2 is 2.40 bits per heavy atom. The van der Waals surface area contributed by atoms with E-state index in [-0.39, 0.29) is 0 Å². The molecule has 0 atom stereocenters. The van der Waals surface area contributed by atoms with Gasteiger partial charge in [-0.1, -0.05) is 5.22 Å². The number of aromatic nitrogens is 2. The van der Waals surface area contributed by atoms with Crippen molar-refractivity contribution in [3.8, 4) is 6.07 Å². The normalized spacial score (nSPS) is 10.5. The molecule has 7 heteroatoms. The predicted octanol–water partition coefficient (Wildman–Crippen LogP) is 1.95. The second-order valence-electron chi connectivity index (χ2n) is 2.73. The standard InChI is InChI=1S/C8H12N6S/c1-4-14(2)13-11-7-6(5-9)8(15-3)12-10-7/h4H2,1-3H3,(H,10,12). The molecule has 0 aromatic carbocycles. The summed E-state index contributed by atoms with van der Waals surface area (Å²) in [5, 5.41) is 25.7. The number of rotatable bonds is 4. The molecule has 1 rings (SSSR count). The minimum atomic E-state index is 0.405. The first-order chi connectivity index (χ1) is 7.22. The van der Waals surface area contributed by atoms with Crippen LogP contribution < -0.4 is 0 Å². The lowest BCUT2D eigenvalue weighted by atomic mass is 10.4. The fourth-order valence-electron chi connectivity index (χ4n) is 0.822. The van der Waals surface area contributed by atoms with E-state index in [4.69, 9.17) is 5.26 Å². The fraction of sp³-hybridized carbons (Fsp3) is 0.500. The Morgan fingerprint density at radius 3 is 2.93 bits per heavy atom. The lowest BCUT2D eigenvalue weighted by Gasteiger charge is -2.04. The lowest BCUT2D eigenvalue weighted by Crippen LogP contribution is -2.07. The van der Waals surface area contributed by atoms with Crippen LogP contribution in [0, 0.1) is 11.3 Å². The highest BCUT2D eigenvalue weighted by Gasteiger charge is 2.11. The number of nitrogens with zero attached hydrogens (tertiary/aromatic N) is 5. The van der Waals surface area contributed by atoms with Crippen molar-refractivity contribution in [2.45, 2.75) is 11.9 Å². The number of thioether (sulfide) groups is 1. The molecule has 0 aliphatic heterocycles. The molecule has 0 fully saturated rings. The highest BCUT2D eigenvalue weighted by atomic mass is 32.2. The summed E-state index contributed by atoms with van der Waals surface area (Å²) >= 11 is 1.40. The zero-order chi connectivity index (χ0) is 11.3. The van der Waals surface area contributed by atoms with Crippen molar-refractivity contribution >= 4 is 17.6 Å². The monoisotopic (exact) mass is 224 g/mol. The highest BCUT2D eigenvalue weighted by Crippen LogP contribution is 2.25. The topological polar surface area (TPSA) is 80.4 Å². The molecule has 0 saturated carbocycles. The fourth-order valence-corrected chi connectivity index (χ4v) is 1.31. The summed E-state index contributed by atoms with van der Waals surface area (Å²) in [5.41, 5.74) is 0.441. The molecule has 1 aromatic rings. The van der Waals surface area contributed by atoms with Crippen molar-refractivity contribution in [1.29, 1.82) is 5.26 Å². The molecule has 0 bridgehead atoms. The second kappa shape index (κ2) is 5.36. The van der Waals surface area contributed by atoms with E-state index in [0.717, 1.165) is 6.54 Å². The van der Waals surface area contributed by atoms with Crippen LogP contribution in [0.15, 0.2) is 15.4 Å². The van der Waals surface area contributed by atoms with Crippen LogP contribution in [0.3, 0.4) is 0 Å². The van der Waals surface area contributed by atoms with Crippen LogP contribution in [0.1, 0.15) is 12.5 Å². The van der Waals surface area contributed by atoms with Gasteiger partial charge in [-0.2, -0.15) is 10.4 Å². The van der Waals surface area contributed by atoms with E-state index in [0.29, 0.717) is 16.4 Å². The number of nitrogens with one attached hydrogen (secondary N) is 1. The van der Waals surface area contributed by atoms with Crippen molar-refractivity contribution in [1.82, 2.24) is 15.2 Å². The van der Waals surface area contributed by atoms with Crippen LogP contribution in [-0.4, -0.2) is 35.1 Å². The van der Waals surface area contributed by atoms with Crippen LogP contribution in [0.2, 0.25) is 0 Å². The molecule has 0 saturated heterocycles. The predicted molar refractivity (Wildman–Crippen MR) is 57.9 cm³/mol. The summed E-state index contributed by atoms with van der Waals surface area (Å²) in [7, 11) is 1.81. The van der Waals surface area contributed by atoms with Gasteiger partial charge in [-0.15, -0.1) is 16.9 Å². The van der Waals surface area contributed by atoms with Gasteiger partial charge >= 0.3 is 0 Å². The minimum Gasteiger partial charge on any atom is -0.282 e. The summed E-state index contributed by atoms with van der Waals surface area (Å²) in [5.74, 6) is 0.405. The Balaban J connectivity index is 2.91. The summed E-state index contributed by atoms with van der Waals surface area (Å²) in [6.45, 7) is 2.72. The largest absolute Gasteiger partial charge is 0.282 e. The molecule has 0 unspecified atom stereocenters. The first-order valence-electron chi connectivity index (χ1n) is 4.38. The third-order valence-electron chi connectivity index (χ3n) is 1.77. The van der Waals surface area contributed by atoms with Crippen molar-refractivity contribution < 1.29 is 0 Å². The average Bonchev–Trinajstić information content (AvgIpc) is 2.67. The first-order valence-corrected chi connectivity index (χ1v) is 5.60. The Morgan fingerprint density at radius 1 is 1.67 bits per heavy atom. The second-order valence-corrected chi connectivity index (χ2v) is 3.53. The van der Waals surface area contributed by atoms with E-state index >= 15 is 0 Å². The van der Waals surface area contributed by atoms with Gasteiger partial charge < -0.3 is 0 Å². The van der Waals surface area contributed by atoms with Crippen LogP contribution in [0.25, 0.3) is 0 Å². The average molecular weight is 224 g/mol. The van der Waals surface area contributed by atoms with Gasteiger partial charge in [-0.3, -0.25) is 10.1 Å². The van der Waals surface area contributed by atoms with Gasteiger partial charge in [0, 0.05) is 13.6 Å². The zero-order valence-electron chi connectivity index (χ0n) is 8.85. The van der Waals surface area contributed by atoms with Gasteiger partial charge in [0.2, 0.25) is 0 Å². The van der Waals surface area contributed by atoms with Crippen LogP contribution in [0.5, 0.6) is 0 Å². The summed E-state index contributed by atoms with van der Waals surface area (Å²) < 4.78 is 0. The van der Waals surface area contributed by atoms with E-state index < -0.39 is 0 Å². The van der Waals surface area contributed by atoms with E-state index in [2.05, 4.69) is 20.5 Å². The van der Waals surface area contributed by atoms with Crippen molar-refractivity contribution in [2.75, 3.05) is 19.8 Å². The van der Waals surface area contributed by atoms with E-state index in [1.54, 1.807) is 12.1 Å². The molecular formula is C8H12N6S. The summed E-state index contributed by atoms with van der Waals surface area (Å²) in [6.07, 6.45) is 1.86. The maximum atomic E-state index is 8.90. The molecule has 1 aromatic heterocycles. The van der Waals surface area contributed by atoms with Gasteiger partial charge in [0.1, 0.15) is 16.7 Å². The van der Waals surface area contributed by atoms with Gasteiger partial charge in [-0.25, -0.2) is 0 Å². The number of aromatic amines is 1. The van der Waals surface area contributed by atoms with Crippen molar-refractivity contribution in [2.24, 2.45) is 10.3 Å². The van der Waals surface area contributed by atoms with Crippen molar-refractivity contribution in [3.63, 3.8) is 0 Å². The van der Waals surface area contributed by atoms with Gasteiger partial charge in [0.05, 0.1) is 0 Å². The molecule has 0 aliphatic carbocycles. The molecule has 15 heavy (non-hydrogen) atoms. The molecule has 0 amide bonds. The first kappa shape index (κ1) is 11.5. The summed E-state index contributed by atoms with van der Waals surface area (Å²) in [4.78, 5) is 0. The third-order valence-corrected chi connectivity index (χ3v) is 2.46. The van der Waals surface area contributed by atoms with Crippen LogP contribution >= 0.6 is 11.8 Å². The van der Waals surface area contributed by atoms with E-state index in [1.807, 2.05) is 19.2 Å². The van der Waals surface area contributed by atoms with E-state index in [1.165, 1.54) is 11.8 Å². The molecule has 1 heterocycles. The van der Waals surface area contributed by atoms with Gasteiger partial charge in [0.25, 0.3) is 0 Å². The molecule has 6 nitrogen and oxygen atoms in total. The maximum Gasteiger partial charge on any atom is 0.191 e. The zero-order valence-corrected chi connectivity index (χ0v) is 9.67. The minimum absolute atomic E-state index is 0.405. The quantitative estimate of drug-likeness (QED) is 0.481. The van der Waals surface area contributed by atoms with Gasteiger partial charge in [-0.05, 0) is 13.2 Å². The van der Waals surface area contributed by atoms with E-state index in [9.17, 15) is 0 Å². The summed E-state index contributed by atoms with van der Waals surface area (Å²) in [6, 6.07) is 2.05. The number of hydrogen-bond donors (Lipinski definition) is 1. The van der Waals surface area contributed by atoms with Gasteiger partial charge in [0.15, 0.2) is 5.82 Å². The molecule has 0 radical (unpaired) electrons. The number of nitriles is 1. The molecular weight excluding hydrogens is 212 g/mol. The molecule has 0 aliphatic rings. The molecule has 0 spiro atoms. The number of hydrogen-bond acceptors (Lipinski definition) is 5. The van der Waals surface area contributed by atoms with Crippen LogP contribution in [0.4, 0.5) is 5.82 Å². The number of H-pyrrole nitrogens is 1. The maximum absolute atomic E-state index is 8.90. The molecule has 1 N–H and O–H groups in total. The van der Waals surface area contributed by atoms with Crippen LogP contribution in [-0.2, 0) is 0 Å². The Kier molecular flexibility index (Phi) is 4.12. The highest BCUT2D eigenvalue weighted by molar-refractivity contribution is 7.98. The Labute approximate surface area is 92.3 Å². The lowest BCUT2D eigenvalue weighted by molar-refractivity contribution is 0.350. The smallest absolute Gasteiger partial charge is 0.191 e. The van der Waals surface area contributed by atoms with Crippen molar-refractivity contribution in [3.05, 3.63) is 5.56 Å². The third kappa shape index (κ3) is 2.70.